The number of aryl methyl sites for hydroxylation is 2. The van der Waals surface area contributed by atoms with Crippen molar-refractivity contribution in [2.75, 3.05) is 14.2 Å². The molecule has 1 aromatic heterocycles. The fraction of sp³-hybridized carbons (Fsp3) is 0.400. The first kappa shape index (κ1) is 13.6. The summed E-state index contributed by atoms with van der Waals surface area (Å²) < 4.78 is 5.36. The van der Waals surface area contributed by atoms with Crippen LogP contribution in [0.4, 0.5) is 0 Å². The molecule has 0 radical (unpaired) electrons. The first-order valence-electron chi connectivity index (χ1n) is 6.57. The molecule has 1 heterocycles. The standard InChI is InChI=1S/C15H21N3O/c1-5-11-8-12(6-7-13(11)19-4)15-10(2)17-14(18-15)9-16-3/h6-8,16H,5,9H2,1-4H3,(H,17,18). The zero-order valence-corrected chi connectivity index (χ0v) is 12.0. The number of nitrogens with zero attached hydrogens (tertiary/aromatic N) is 1. The van der Waals surface area contributed by atoms with E-state index in [0.717, 1.165) is 41.5 Å². The number of benzene rings is 1. The zero-order chi connectivity index (χ0) is 13.8. The molecular weight excluding hydrogens is 238 g/mol. The highest BCUT2D eigenvalue weighted by Crippen LogP contribution is 2.27. The van der Waals surface area contributed by atoms with Gasteiger partial charge in [0.05, 0.1) is 19.3 Å². The highest BCUT2D eigenvalue weighted by Gasteiger charge is 2.10. The summed E-state index contributed by atoms with van der Waals surface area (Å²) in [5, 5.41) is 3.10. The van der Waals surface area contributed by atoms with Crippen LogP contribution in [0.25, 0.3) is 11.3 Å². The van der Waals surface area contributed by atoms with Crippen molar-refractivity contribution in [3.63, 3.8) is 0 Å². The number of rotatable bonds is 5. The second-order valence-corrected chi connectivity index (χ2v) is 4.57. The summed E-state index contributed by atoms with van der Waals surface area (Å²) in [5.74, 6) is 1.90. The van der Waals surface area contributed by atoms with Gasteiger partial charge in [-0.25, -0.2) is 4.98 Å². The predicted octanol–water partition coefficient (Wildman–Crippen LogP) is 2.68. The fourth-order valence-electron chi connectivity index (χ4n) is 2.26. The average Bonchev–Trinajstić information content (AvgIpc) is 2.79. The van der Waals surface area contributed by atoms with Gasteiger partial charge in [0.2, 0.25) is 0 Å². The lowest BCUT2D eigenvalue weighted by atomic mass is 10.0. The molecule has 4 heteroatoms. The molecule has 0 saturated heterocycles. The molecule has 2 N–H and O–H groups in total. The third-order valence-corrected chi connectivity index (χ3v) is 3.21. The summed E-state index contributed by atoms with van der Waals surface area (Å²) in [6, 6.07) is 6.23. The van der Waals surface area contributed by atoms with Gasteiger partial charge >= 0.3 is 0 Å². The molecule has 0 unspecified atom stereocenters. The first-order valence-corrected chi connectivity index (χ1v) is 6.57. The smallest absolute Gasteiger partial charge is 0.122 e. The molecule has 2 aromatic rings. The zero-order valence-electron chi connectivity index (χ0n) is 12.0. The third-order valence-electron chi connectivity index (χ3n) is 3.21. The Kier molecular flexibility index (Phi) is 4.22. The van der Waals surface area contributed by atoms with E-state index in [1.807, 2.05) is 13.1 Å². The lowest BCUT2D eigenvalue weighted by molar-refractivity contribution is 0.410. The van der Waals surface area contributed by atoms with E-state index in [9.17, 15) is 0 Å². The van der Waals surface area contributed by atoms with Crippen molar-refractivity contribution < 1.29 is 4.74 Å². The van der Waals surface area contributed by atoms with Crippen LogP contribution < -0.4 is 10.1 Å². The highest BCUT2D eigenvalue weighted by molar-refractivity contribution is 5.64. The van der Waals surface area contributed by atoms with Crippen LogP contribution in [0.1, 0.15) is 24.0 Å². The minimum atomic E-state index is 0.748. The van der Waals surface area contributed by atoms with Crippen molar-refractivity contribution in [1.29, 1.82) is 0 Å². The number of H-pyrrole nitrogens is 1. The third kappa shape index (κ3) is 2.79. The molecule has 0 saturated carbocycles. The van der Waals surface area contributed by atoms with Gasteiger partial charge in [-0.2, -0.15) is 0 Å². The molecule has 19 heavy (non-hydrogen) atoms. The SMILES string of the molecule is CCc1cc(-c2nc(CNC)[nH]c2C)ccc1OC. The van der Waals surface area contributed by atoms with Crippen LogP contribution in [0.5, 0.6) is 5.75 Å². The number of nitrogens with one attached hydrogen (secondary N) is 2. The number of aromatic amines is 1. The summed E-state index contributed by atoms with van der Waals surface area (Å²) in [5.41, 5.74) is 4.45. The lowest BCUT2D eigenvalue weighted by Crippen LogP contribution is -2.06. The van der Waals surface area contributed by atoms with Crippen LogP contribution in [0.3, 0.4) is 0 Å². The molecule has 0 spiro atoms. The number of hydrogen-bond acceptors (Lipinski definition) is 3. The molecule has 0 atom stereocenters. The molecule has 0 aliphatic carbocycles. The molecule has 0 fully saturated rings. The normalized spacial score (nSPS) is 10.7. The maximum absolute atomic E-state index is 5.36. The molecule has 0 amide bonds. The Morgan fingerprint density at radius 2 is 2.16 bits per heavy atom. The summed E-state index contributed by atoms with van der Waals surface area (Å²) in [6.07, 6.45) is 0.948. The van der Waals surface area contributed by atoms with Crippen LogP contribution in [0, 0.1) is 6.92 Å². The summed E-state index contributed by atoms with van der Waals surface area (Å²) in [6.45, 7) is 4.93. The number of imidazole rings is 1. The number of aromatic nitrogens is 2. The van der Waals surface area contributed by atoms with Gasteiger partial charge in [0.1, 0.15) is 11.6 Å². The Morgan fingerprint density at radius 3 is 2.79 bits per heavy atom. The highest BCUT2D eigenvalue weighted by atomic mass is 16.5. The Morgan fingerprint density at radius 1 is 1.37 bits per heavy atom. The van der Waals surface area contributed by atoms with Gasteiger partial charge in [-0.3, -0.25) is 0 Å². The summed E-state index contributed by atoms with van der Waals surface area (Å²) in [4.78, 5) is 7.95. The van der Waals surface area contributed by atoms with Gasteiger partial charge in [0, 0.05) is 11.3 Å². The van der Waals surface area contributed by atoms with E-state index in [1.54, 1.807) is 7.11 Å². The van der Waals surface area contributed by atoms with Crippen molar-refractivity contribution in [3.05, 3.63) is 35.3 Å². The van der Waals surface area contributed by atoms with E-state index in [-0.39, 0.29) is 0 Å². The van der Waals surface area contributed by atoms with Gasteiger partial charge in [0.15, 0.2) is 0 Å². The molecule has 0 aliphatic rings. The van der Waals surface area contributed by atoms with E-state index in [4.69, 9.17) is 4.74 Å². The fourth-order valence-corrected chi connectivity index (χ4v) is 2.26. The van der Waals surface area contributed by atoms with Gasteiger partial charge in [-0.1, -0.05) is 6.92 Å². The van der Waals surface area contributed by atoms with Gasteiger partial charge < -0.3 is 15.0 Å². The number of hydrogen-bond donors (Lipinski definition) is 2. The maximum Gasteiger partial charge on any atom is 0.122 e. The first-order chi connectivity index (χ1) is 9.19. The molecule has 102 valence electrons. The second kappa shape index (κ2) is 5.89. The van der Waals surface area contributed by atoms with Crippen molar-refractivity contribution in [3.8, 4) is 17.0 Å². The monoisotopic (exact) mass is 259 g/mol. The maximum atomic E-state index is 5.36. The minimum absolute atomic E-state index is 0.748. The Hall–Kier alpha value is -1.81. The molecule has 0 aliphatic heterocycles. The van der Waals surface area contributed by atoms with Crippen LogP contribution in [0.15, 0.2) is 18.2 Å². The number of methoxy groups -OCH3 is 1. The van der Waals surface area contributed by atoms with Gasteiger partial charge in [-0.15, -0.1) is 0 Å². The van der Waals surface area contributed by atoms with Crippen LogP contribution >= 0.6 is 0 Å². The van der Waals surface area contributed by atoms with E-state index < -0.39 is 0 Å². The van der Waals surface area contributed by atoms with E-state index in [2.05, 4.69) is 41.3 Å². The minimum Gasteiger partial charge on any atom is -0.496 e. The Labute approximate surface area is 114 Å². The predicted molar refractivity (Wildman–Crippen MR) is 77.5 cm³/mol. The van der Waals surface area contributed by atoms with E-state index >= 15 is 0 Å². The van der Waals surface area contributed by atoms with Gasteiger partial charge in [0.25, 0.3) is 0 Å². The van der Waals surface area contributed by atoms with Crippen molar-refractivity contribution in [2.24, 2.45) is 0 Å². The van der Waals surface area contributed by atoms with Gasteiger partial charge in [-0.05, 0) is 44.2 Å². The lowest BCUT2D eigenvalue weighted by Gasteiger charge is -2.08. The van der Waals surface area contributed by atoms with Crippen LogP contribution in [-0.4, -0.2) is 24.1 Å². The molecular formula is C15H21N3O. The van der Waals surface area contributed by atoms with Crippen LogP contribution in [-0.2, 0) is 13.0 Å². The molecule has 4 nitrogen and oxygen atoms in total. The quantitative estimate of drug-likeness (QED) is 0.868. The molecule has 2 rings (SSSR count). The number of ether oxygens (including phenoxy) is 1. The summed E-state index contributed by atoms with van der Waals surface area (Å²) in [7, 11) is 3.62. The van der Waals surface area contributed by atoms with E-state index in [0.29, 0.717) is 0 Å². The van der Waals surface area contributed by atoms with Crippen molar-refractivity contribution >= 4 is 0 Å². The Balaban J connectivity index is 2.41. The second-order valence-electron chi connectivity index (χ2n) is 4.57. The van der Waals surface area contributed by atoms with Crippen LogP contribution in [0.2, 0.25) is 0 Å². The molecule has 1 aromatic carbocycles. The van der Waals surface area contributed by atoms with Crippen molar-refractivity contribution in [1.82, 2.24) is 15.3 Å². The summed E-state index contributed by atoms with van der Waals surface area (Å²) >= 11 is 0. The van der Waals surface area contributed by atoms with Crippen molar-refractivity contribution in [2.45, 2.75) is 26.8 Å². The Bertz CT molecular complexity index is 561. The van der Waals surface area contributed by atoms with E-state index in [1.165, 1.54) is 5.56 Å². The average molecular weight is 259 g/mol. The molecule has 0 bridgehead atoms. The largest absolute Gasteiger partial charge is 0.496 e. The topological polar surface area (TPSA) is 49.9 Å².